The number of rotatable bonds is 0. The van der Waals surface area contributed by atoms with E-state index in [0.29, 0.717) is 17.0 Å². The molecule has 0 spiro atoms. The molecule has 0 aliphatic carbocycles. The standard InChI is InChI=1S/C4H4N4O/c5-3-2-4(8-7-3)9-1-6-2/h1H,(H3,5,7,8). The van der Waals surface area contributed by atoms with Crippen LogP contribution in [0.4, 0.5) is 5.82 Å². The Balaban J connectivity index is 2.99. The van der Waals surface area contributed by atoms with Gasteiger partial charge in [0.25, 0.3) is 0 Å². The van der Waals surface area contributed by atoms with Crippen LogP contribution in [-0.4, -0.2) is 15.2 Å². The number of anilines is 1. The number of H-pyrrole nitrogens is 1. The summed E-state index contributed by atoms with van der Waals surface area (Å²) in [7, 11) is 0. The maximum atomic E-state index is 5.36. The molecule has 0 atom stereocenters. The van der Waals surface area contributed by atoms with Crippen LogP contribution in [0.3, 0.4) is 0 Å². The van der Waals surface area contributed by atoms with E-state index in [-0.39, 0.29) is 0 Å². The smallest absolute Gasteiger partial charge is 0.244 e. The van der Waals surface area contributed by atoms with E-state index in [9.17, 15) is 0 Å². The van der Waals surface area contributed by atoms with Crippen LogP contribution in [0.5, 0.6) is 0 Å². The fourth-order valence-electron chi connectivity index (χ4n) is 0.672. The highest BCUT2D eigenvalue weighted by Gasteiger charge is 2.03. The van der Waals surface area contributed by atoms with E-state index in [4.69, 9.17) is 10.2 Å². The van der Waals surface area contributed by atoms with E-state index in [0.717, 1.165) is 0 Å². The van der Waals surface area contributed by atoms with Gasteiger partial charge in [-0.25, -0.2) is 10.1 Å². The highest BCUT2D eigenvalue weighted by molar-refractivity contribution is 5.79. The van der Waals surface area contributed by atoms with Gasteiger partial charge < -0.3 is 10.2 Å². The van der Waals surface area contributed by atoms with E-state index >= 15 is 0 Å². The lowest BCUT2D eigenvalue weighted by Gasteiger charge is -1.72. The first-order valence-electron chi connectivity index (χ1n) is 2.41. The topological polar surface area (TPSA) is 80.7 Å². The molecule has 0 fully saturated rings. The van der Waals surface area contributed by atoms with Crippen molar-refractivity contribution in [3.63, 3.8) is 0 Å². The van der Waals surface area contributed by atoms with Gasteiger partial charge in [0.15, 0.2) is 17.7 Å². The Morgan fingerprint density at radius 2 is 2.56 bits per heavy atom. The van der Waals surface area contributed by atoms with Crippen molar-refractivity contribution < 1.29 is 4.42 Å². The van der Waals surface area contributed by atoms with Gasteiger partial charge in [-0.15, -0.1) is 0 Å². The van der Waals surface area contributed by atoms with Gasteiger partial charge in [-0.1, -0.05) is 0 Å². The summed E-state index contributed by atoms with van der Waals surface area (Å²) in [6, 6.07) is 0. The molecule has 5 nitrogen and oxygen atoms in total. The minimum atomic E-state index is 0.374. The summed E-state index contributed by atoms with van der Waals surface area (Å²) in [6.45, 7) is 0. The molecule has 3 N–H and O–H groups in total. The molecule has 0 radical (unpaired) electrons. The minimum Gasteiger partial charge on any atom is -0.425 e. The van der Waals surface area contributed by atoms with Gasteiger partial charge >= 0.3 is 0 Å². The average Bonchev–Trinajstić information content (AvgIpc) is 2.35. The molecule has 0 amide bonds. The molecule has 2 heterocycles. The molecule has 0 saturated carbocycles. The first-order valence-corrected chi connectivity index (χ1v) is 2.41. The molecular weight excluding hydrogens is 120 g/mol. The van der Waals surface area contributed by atoms with Crippen LogP contribution in [0.1, 0.15) is 0 Å². The molecule has 0 aromatic carbocycles. The summed E-state index contributed by atoms with van der Waals surface area (Å²) in [5.74, 6) is 0.374. The van der Waals surface area contributed by atoms with Crippen molar-refractivity contribution in [2.45, 2.75) is 0 Å². The Kier molecular flexibility index (Phi) is 0.606. The zero-order chi connectivity index (χ0) is 6.27. The Hall–Kier alpha value is -1.52. The number of hydrogen-bond donors (Lipinski definition) is 2. The fourth-order valence-corrected chi connectivity index (χ4v) is 0.672. The van der Waals surface area contributed by atoms with Crippen molar-refractivity contribution >= 4 is 17.0 Å². The number of hydrogen-bond acceptors (Lipinski definition) is 4. The van der Waals surface area contributed by atoms with E-state index in [1.165, 1.54) is 6.39 Å². The third-order valence-corrected chi connectivity index (χ3v) is 1.09. The molecular formula is C4H4N4O. The lowest BCUT2D eigenvalue weighted by Crippen LogP contribution is -1.83. The van der Waals surface area contributed by atoms with Gasteiger partial charge in [0.1, 0.15) is 0 Å². The van der Waals surface area contributed by atoms with E-state index < -0.39 is 0 Å². The summed E-state index contributed by atoms with van der Waals surface area (Å²) in [5.41, 5.74) is 6.47. The quantitative estimate of drug-likeness (QED) is 0.523. The molecule has 46 valence electrons. The summed E-state index contributed by atoms with van der Waals surface area (Å²) >= 11 is 0. The lowest BCUT2D eigenvalue weighted by molar-refractivity contribution is 0.586. The van der Waals surface area contributed by atoms with E-state index in [1.807, 2.05) is 0 Å². The van der Waals surface area contributed by atoms with Crippen molar-refractivity contribution in [1.82, 2.24) is 15.2 Å². The molecule has 0 saturated heterocycles. The molecule has 2 aromatic rings. The van der Waals surface area contributed by atoms with Gasteiger partial charge in [-0.05, 0) is 0 Å². The molecule has 2 aromatic heterocycles. The maximum Gasteiger partial charge on any atom is 0.244 e. The molecule has 9 heavy (non-hydrogen) atoms. The van der Waals surface area contributed by atoms with Crippen molar-refractivity contribution in [1.29, 1.82) is 0 Å². The number of nitrogens with one attached hydrogen (secondary N) is 1. The van der Waals surface area contributed by atoms with Crippen molar-refractivity contribution in [2.24, 2.45) is 0 Å². The normalized spacial score (nSPS) is 10.7. The number of fused-ring (bicyclic) bond motifs is 1. The van der Waals surface area contributed by atoms with Crippen LogP contribution in [0.2, 0.25) is 0 Å². The first-order chi connectivity index (χ1) is 4.38. The summed E-state index contributed by atoms with van der Waals surface area (Å²) in [6.07, 6.45) is 1.32. The van der Waals surface area contributed by atoms with Crippen LogP contribution >= 0.6 is 0 Å². The Morgan fingerprint density at radius 3 is 3.33 bits per heavy atom. The molecule has 2 rings (SSSR count). The fraction of sp³-hybridized carbons (Fsp3) is 0. The summed E-state index contributed by atoms with van der Waals surface area (Å²) in [5, 5.41) is 6.22. The Labute approximate surface area is 49.9 Å². The van der Waals surface area contributed by atoms with Crippen molar-refractivity contribution in [3.8, 4) is 0 Å². The van der Waals surface area contributed by atoms with Gasteiger partial charge in [-0.2, -0.15) is 5.10 Å². The van der Waals surface area contributed by atoms with Gasteiger partial charge in [0.2, 0.25) is 5.71 Å². The number of aromatic amines is 1. The van der Waals surface area contributed by atoms with Gasteiger partial charge in [0, 0.05) is 0 Å². The monoisotopic (exact) mass is 124 g/mol. The number of nitrogens with two attached hydrogens (primary N) is 1. The Morgan fingerprint density at radius 1 is 1.67 bits per heavy atom. The molecule has 0 bridgehead atoms. The average molecular weight is 124 g/mol. The summed E-state index contributed by atoms with van der Waals surface area (Å²) < 4.78 is 4.83. The van der Waals surface area contributed by atoms with E-state index in [1.54, 1.807) is 0 Å². The van der Waals surface area contributed by atoms with Crippen molar-refractivity contribution in [3.05, 3.63) is 6.39 Å². The third-order valence-electron chi connectivity index (χ3n) is 1.09. The number of nitrogens with zero attached hydrogens (tertiary/aromatic N) is 2. The largest absolute Gasteiger partial charge is 0.425 e. The minimum absolute atomic E-state index is 0.374. The second-order valence-electron chi connectivity index (χ2n) is 1.64. The van der Waals surface area contributed by atoms with Crippen LogP contribution in [0.25, 0.3) is 11.2 Å². The highest BCUT2D eigenvalue weighted by Crippen LogP contribution is 2.13. The SMILES string of the molecule is Nc1n[nH]c2ocnc12. The third kappa shape index (κ3) is 0.426. The number of oxazole rings is 1. The number of aromatic nitrogens is 3. The molecule has 0 unspecified atom stereocenters. The zero-order valence-corrected chi connectivity index (χ0v) is 4.46. The van der Waals surface area contributed by atoms with Crippen LogP contribution < -0.4 is 5.73 Å². The highest BCUT2D eigenvalue weighted by atomic mass is 16.3. The zero-order valence-electron chi connectivity index (χ0n) is 4.46. The second kappa shape index (κ2) is 1.25. The predicted octanol–water partition coefficient (Wildman–Crippen LogP) is 0.133. The first kappa shape index (κ1) is 4.37. The van der Waals surface area contributed by atoms with Crippen LogP contribution in [0, 0.1) is 0 Å². The summed E-state index contributed by atoms with van der Waals surface area (Å²) in [4.78, 5) is 3.79. The number of nitrogen functional groups attached to an aromatic ring is 1. The van der Waals surface area contributed by atoms with E-state index in [2.05, 4.69) is 15.2 Å². The predicted molar refractivity (Wildman–Crippen MR) is 30.6 cm³/mol. The second-order valence-corrected chi connectivity index (χ2v) is 1.64. The van der Waals surface area contributed by atoms with Gasteiger partial charge in [-0.3, -0.25) is 0 Å². The lowest BCUT2D eigenvalue weighted by atomic mass is 10.6. The molecule has 5 heteroatoms. The maximum absolute atomic E-state index is 5.36. The van der Waals surface area contributed by atoms with Crippen LogP contribution in [-0.2, 0) is 0 Å². The van der Waals surface area contributed by atoms with Crippen molar-refractivity contribution in [2.75, 3.05) is 5.73 Å². The molecule has 0 aliphatic heterocycles. The molecule has 0 aliphatic rings. The van der Waals surface area contributed by atoms with Crippen LogP contribution in [0.15, 0.2) is 10.8 Å². The Bertz CT molecular complexity index is 322. The van der Waals surface area contributed by atoms with Gasteiger partial charge in [0.05, 0.1) is 0 Å².